The lowest BCUT2D eigenvalue weighted by molar-refractivity contribution is 0.192. The van der Waals surface area contributed by atoms with Gasteiger partial charge in [-0.1, -0.05) is 0 Å². The zero-order valence-corrected chi connectivity index (χ0v) is 5.28. The summed E-state index contributed by atoms with van der Waals surface area (Å²) in [5.41, 5.74) is 6.44. The molecule has 9 heavy (non-hydrogen) atoms. The summed E-state index contributed by atoms with van der Waals surface area (Å²) in [6.07, 6.45) is 3.17. The van der Waals surface area contributed by atoms with Gasteiger partial charge in [-0.05, 0) is 24.7 Å². The third-order valence-electron chi connectivity index (χ3n) is 3.89. The fourth-order valence-corrected chi connectivity index (χ4v) is 3.16. The predicted molar refractivity (Wildman–Crippen MR) is 31.6 cm³/mol. The van der Waals surface area contributed by atoms with Crippen LogP contribution in [0.15, 0.2) is 0 Å². The second-order valence-electron chi connectivity index (χ2n) is 4.18. The summed E-state index contributed by atoms with van der Waals surface area (Å²) in [5.74, 6) is 0. The summed E-state index contributed by atoms with van der Waals surface area (Å²) in [7, 11) is 0. The van der Waals surface area contributed by atoms with Crippen molar-refractivity contribution in [2.75, 3.05) is 6.67 Å². The van der Waals surface area contributed by atoms with E-state index in [-0.39, 0.29) is 17.6 Å². The van der Waals surface area contributed by atoms with E-state index in [2.05, 4.69) is 0 Å². The summed E-state index contributed by atoms with van der Waals surface area (Å²) in [4.78, 5) is 0. The Morgan fingerprint density at radius 3 is 2.22 bits per heavy atom. The van der Waals surface area contributed by atoms with Gasteiger partial charge in [-0.3, -0.25) is 4.39 Å². The smallest absolute Gasteiger partial charge is 0.0957 e. The highest BCUT2D eigenvalue weighted by molar-refractivity contribution is 5.47. The van der Waals surface area contributed by atoms with Crippen molar-refractivity contribution in [1.82, 2.24) is 0 Å². The lowest BCUT2D eigenvalue weighted by Gasteiger charge is -2.28. The van der Waals surface area contributed by atoms with Crippen molar-refractivity contribution in [2.45, 2.75) is 24.8 Å². The maximum Gasteiger partial charge on any atom is 0.0957 e. The van der Waals surface area contributed by atoms with E-state index in [1.165, 1.54) is 0 Å². The fourth-order valence-electron chi connectivity index (χ4n) is 3.16. The molecule has 2 N–H and O–H groups in total. The highest BCUT2D eigenvalue weighted by Gasteiger charge is 2.95. The minimum atomic E-state index is -0.119. The van der Waals surface area contributed by atoms with Crippen LogP contribution < -0.4 is 5.73 Å². The molecule has 3 aliphatic carbocycles. The van der Waals surface area contributed by atoms with Crippen LogP contribution in [0.2, 0.25) is 0 Å². The molecule has 3 unspecified atom stereocenters. The van der Waals surface area contributed by atoms with Gasteiger partial charge in [-0.25, -0.2) is 0 Å². The Morgan fingerprint density at radius 2 is 2.11 bits per heavy atom. The first-order chi connectivity index (χ1) is 4.18. The molecular weight excluding hydrogens is 117 g/mol. The van der Waals surface area contributed by atoms with Crippen molar-refractivity contribution in [3.05, 3.63) is 0 Å². The van der Waals surface area contributed by atoms with Crippen LogP contribution in [-0.4, -0.2) is 12.2 Å². The Morgan fingerprint density at radius 1 is 1.33 bits per heavy atom. The van der Waals surface area contributed by atoms with Crippen molar-refractivity contribution in [1.29, 1.82) is 0 Å². The molecule has 0 saturated heterocycles. The minimum Gasteiger partial charge on any atom is -0.325 e. The second kappa shape index (κ2) is 0.782. The number of hydrogen-bond acceptors (Lipinski definition) is 1. The van der Waals surface area contributed by atoms with E-state index in [0.717, 1.165) is 19.3 Å². The molecule has 0 aliphatic heterocycles. The van der Waals surface area contributed by atoms with E-state index in [0.29, 0.717) is 5.41 Å². The van der Waals surface area contributed by atoms with Crippen LogP contribution in [0.25, 0.3) is 0 Å². The predicted octanol–water partition coefficient (Wildman–Crippen LogP) is 0.837. The molecule has 0 aromatic heterocycles. The summed E-state index contributed by atoms with van der Waals surface area (Å²) < 4.78 is 12.3. The number of alkyl halides is 1. The van der Waals surface area contributed by atoms with Crippen LogP contribution in [0.4, 0.5) is 4.39 Å². The van der Waals surface area contributed by atoms with Crippen LogP contribution in [0.3, 0.4) is 0 Å². The minimum absolute atomic E-state index is 0.113. The summed E-state index contributed by atoms with van der Waals surface area (Å²) >= 11 is 0. The molecule has 1 nitrogen and oxygen atoms in total. The van der Waals surface area contributed by atoms with Gasteiger partial charge >= 0.3 is 0 Å². The van der Waals surface area contributed by atoms with E-state index in [1.807, 2.05) is 0 Å². The van der Waals surface area contributed by atoms with Gasteiger partial charge in [0.05, 0.1) is 6.67 Å². The monoisotopic (exact) mass is 127 g/mol. The molecule has 3 saturated carbocycles. The summed E-state index contributed by atoms with van der Waals surface area (Å²) in [6, 6.07) is 0. The molecule has 0 aromatic rings. The molecule has 3 aliphatic rings. The average molecular weight is 127 g/mol. The number of halogens is 1. The van der Waals surface area contributed by atoms with E-state index in [4.69, 9.17) is 5.73 Å². The lowest BCUT2D eigenvalue weighted by Crippen LogP contribution is -2.40. The summed E-state index contributed by atoms with van der Waals surface area (Å²) in [6.45, 7) is -0.119. The molecule has 1 spiro atoms. The van der Waals surface area contributed by atoms with Gasteiger partial charge < -0.3 is 5.73 Å². The van der Waals surface area contributed by atoms with Crippen LogP contribution in [0, 0.1) is 10.8 Å². The SMILES string of the molecule is NC12CC3(CF)CC13C2. The highest BCUT2D eigenvalue weighted by atomic mass is 19.1. The molecule has 3 rings (SSSR count). The molecule has 3 fully saturated rings. The third-order valence-corrected chi connectivity index (χ3v) is 3.89. The number of hydrogen-bond donors (Lipinski definition) is 1. The Labute approximate surface area is 53.4 Å². The van der Waals surface area contributed by atoms with Gasteiger partial charge in [0.1, 0.15) is 0 Å². The van der Waals surface area contributed by atoms with Crippen molar-refractivity contribution < 1.29 is 4.39 Å². The fraction of sp³-hybridized carbons (Fsp3) is 1.00. The first-order valence-electron chi connectivity index (χ1n) is 3.53. The van der Waals surface area contributed by atoms with E-state index in [1.54, 1.807) is 0 Å². The summed E-state index contributed by atoms with van der Waals surface area (Å²) in [5, 5.41) is 0. The standard InChI is InChI=1S/C7H10FN/c8-4-5-1-6(5)3-7(6,9)2-5/h1-4,9H2. The van der Waals surface area contributed by atoms with Crippen molar-refractivity contribution in [3.63, 3.8) is 0 Å². The maximum atomic E-state index is 12.3. The maximum absolute atomic E-state index is 12.3. The average Bonchev–Trinajstić information content (AvgIpc) is 2.52. The normalized spacial score (nSPS) is 74.0. The van der Waals surface area contributed by atoms with E-state index < -0.39 is 0 Å². The first kappa shape index (κ1) is 4.67. The Hall–Kier alpha value is -0.110. The van der Waals surface area contributed by atoms with Gasteiger partial charge in [-0.15, -0.1) is 0 Å². The van der Waals surface area contributed by atoms with Crippen molar-refractivity contribution in [3.8, 4) is 0 Å². The Bertz CT molecular complexity index is 203. The number of nitrogens with two attached hydrogens (primary N) is 1. The highest BCUT2D eigenvalue weighted by Crippen LogP contribution is 2.95. The van der Waals surface area contributed by atoms with Gasteiger partial charge in [0.2, 0.25) is 0 Å². The zero-order valence-electron chi connectivity index (χ0n) is 5.28. The number of rotatable bonds is 1. The largest absolute Gasteiger partial charge is 0.325 e. The Balaban J connectivity index is 1.99. The second-order valence-corrected chi connectivity index (χ2v) is 4.18. The van der Waals surface area contributed by atoms with Crippen molar-refractivity contribution >= 4 is 0 Å². The molecule has 0 radical (unpaired) electrons. The van der Waals surface area contributed by atoms with Crippen LogP contribution in [0.1, 0.15) is 19.3 Å². The third kappa shape index (κ3) is 0.225. The topological polar surface area (TPSA) is 26.0 Å². The molecule has 0 aromatic carbocycles. The Kier molecular flexibility index (Phi) is 0.405. The lowest BCUT2D eigenvalue weighted by atomic mass is 9.82. The quantitative estimate of drug-likeness (QED) is 0.555. The van der Waals surface area contributed by atoms with E-state index >= 15 is 0 Å². The van der Waals surface area contributed by atoms with Gasteiger partial charge in [0.25, 0.3) is 0 Å². The van der Waals surface area contributed by atoms with Crippen molar-refractivity contribution in [2.24, 2.45) is 16.6 Å². The molecule has 0 amide bonds. The zero-order chi connectivity index (χ0) is 6.33. The van der Waals surface area contributed by atoms with Gasteiger partial charge in [0, 0.05) is 11.0 Å². The molecule has 0 bridgehead atoms. The van der Waals surface area contributed by atoms with E-state index in [9.17, 15) is 4.39 Å². The molecule has 2 heteroatoms. The molecule has 3 atom stereocenters. The van der Waals surface area contributed by atoms with Crippen LogP contribution in [-0.2, 0) is 0 Å². The van der Waals surface area contributed by atoms with Crippen LogP contribution in [0.5, 0.6) is 0 Å². The molecular formula is C7H10FN. The van der Waals surface area contributed by atoms with Gasteiger partial charge in [-0.2, -0.15) is 0 Å². The molecule has 0 heterocycles. The molecule has 50 valence electrons. The first-order valence-corrected chi connectivity index (χ1v) is 3.53. The van der Waals surface area contributed by atoms with Crippen LogP contribution >= 0.6 is 0 Å². The van der Waals surface area contributed by atoms with Gasteiger partial charge in [0.15, 0.2) is 0 Å².